The maximum Gasteiger partial charge on any atom is 0.387 e. The smallest absolute Gasteiger partial charge is 0.387 e. The van der Waals surface area contributed by atoms with Gasteiger partial charge in [-0.2, -0.15) is 17.2 Å². The number of pyridine rings is 2. The van der Waals surface area contributed by atoms with Gasteiger partial charge < -0.3 is 10.5 Å². The Bertz CT molecular complexity index is 1050. The van der Waals surface area contributed by atoms with Gasteiger partial charge >= 0.3 is 6.61 Å². The zero-order valence-corrected chi connectivity index (χ0v) is 17.4. The van der Waals surface area contributed by atoms with Gasteiger partial charge in [0.2, 0.25) is 0 Å². The van der Waals surface area contributed by atoms with Crippen LogP contribution in [-0.2, 0) is 20.7 Å². The predicted molar refractivity (Wildman–Crippen MR) is 107 cm³/mol. The van der Waals surface area contributed by atoms with E-state index in [0.717, 1.165) is 17.5 Å². The Morgan fingerprint density at radius 1 is 1.23 bits per heavy atom. The van der Waals surface area contributed by atoms with Crippen LogP contribution in [0.25, 0.3) is 11.3 Å². The summed E-state index contributed by atoms with van der Waals surface area (Å²) in [5.41, 5.74) is 8.78. The van der Waals surface area contributed by atoms with Gasteiger partial charge in [0, 0.05) is 17.5 Å². The molecular formula is C20H23F2N3O4S. The van der Waals surface area contributed by atoms with Crippen LogP contribution in [0.1, 0.15) is 36.9 Å². The lowest BCUT2D eigenvalue weighted by atomic mass is 9.99. The fourth-order valence-corrected chi connectivity index (χ4v) is 5.18. The third-order valence-electron chi connectivity index (χ3n) is 5.75. The minimum Gasteiger partial charge on any atom is -0.431 e. The summed E-state index contributed by atoms with van der Waals surface area (Å²) in [5, 5.41) is 0. The minimum atomic E-state index is -3.45. The van der Waals surface area contributed by atoms with Gasteiger partial charge in [-0.05, 0) is 60.8 Å². The van der Waals surface area contributed by atoms with E-state index in [1.165, 1.54) is 12.3 Å². The van der Waals surface area contributed by atoms with E-state index in [1.54, 1.807) is 0 Å². The Labute approximate surface area is 173 Å². The summed E-state index contributed by atoms with van der Waals surface area (Å²) in [6.07, 6.45) is 4.43. The number of halogens is 2. The van der Waals surface area contributed by atoms with Crippen molar-refractivity contribution in [1.82, 2.24) is 9.97 Å². The number of anilines is 1. The Balaban J connectivity index is 1.58. The van der Waals surface area contributed by atoms with Crippen molar-refractivity contribution in [2.45, 2.75) is 44.8 Å². The highest BCUT2D eigenvalue weighted by atomic mass is 32.2. The molecule has 2 aliphatic carbocycles. The standard InChI is InChI=1S/C20H23F2N3O4S/c1-3-12-4-10(18-14-7-13(8-15(14)18)29-30(2,26)27)5-16(25-12)11-6-17(28-20(21)22)19(23)24-9-11/h4-6,9,13-15,18,20H,3,7-8H2,1-2H3,(H2,23,24)/t13?,14-,15+,18?. The molecule has 0 aliphatic heterocycles. The lowest BCUT2D eigenvalue weighted by Crippen LogP contribution is -2.16. The van der Waals surface area contributed by atoms with Gasteiger partial charge in [0.15, 0.2) is 11.6 Å². The molecule has 4 rings (SSSR count). The summed E-state index contributed by atoms with van der Waals surface area (Å²) in [7, 11) is -3.45. The number of rotatable bonds is 7. The summed E-state index contributed by atoms with van der Waals surface area (Å²) in [6, 6.07) is 5.41. The maximum atomic E-state index is 12.6. The molecule has 2 heterocycles. The van der Waals surface area contributed by atoms with Gasteiger partial charge in [-0.1, -0.05) is 6.92 Å². The number of hydrogen-bond donors (Lipinski definition) is 1. The van der Waals surface area contributed by atoms with E-state index in [2.05, 4.69) is 20.8 Å². The topological polar surface area (TPSA) is 104 Å². The Morgan fingerprint density at radius 2 is 1.93 bits per heavy atom. The number of hydrogen-bond acceptors (Lipinski definition) is 7. The first-order valence-corrected chi connectivity index (χ1v) is 11.6. The fourth-order valence-electron chi connectivity index (χ4n) is 4.53. The molecule has 162 valence electrons. The normalized spacial score (nSPS) is 25.4. The molecule has 2 unspecified atom stereocenters. The van der Waals surface area contributed by atoms with E-state index in [4.69, 9.17) is 9.92 Å². The number of nitrogens with two attached hydrogens (primary N) is 1. The second kappa shape index (κ2) is 7.73. The summed E-state index contributed by atoms with van der Waals surface area (Å²) < 4.78 is 57.6. The Hall–Kier alpha value is -2.33. The quantitative estimate of drug-likeness (QED) is 0.660. The first kappa shape index (κ1) is 20.9. The summed E-state index contributed by atoms with van der Waals surface area (Å²) in [5.74, 6) is 0.768. The molecule has 30 heavy (non-hydrogen) atoms. The molecule has 0 radical (unpaired) electrons. The van der Waals surface area contributed by atoms with Crippen LogP contribution in [0, 0.1) is 11.8 Å². The maximum absolute atomic E-state index is 12.6. The molecule has 0 spiro atoms. The summed E-state index contributed by atoms with van der Waals surface area (Å²) in [4.78, 5) is 8.57. The highest BCUT2D eigenvalue weighted by molar-refractivity contribution is 7.86. The van der Waals surface area contributed by atoms with E-state index >= 15 is 0 Å². The van der Waals surface area contributed by atoms with Crippen LogP contribution in [0.5, 0.6) is 5.75 Å². The van der Waals surface area contributed by atoms with Crippen LogP contribution in [0.2, 0.25) is 0 Å². The van der Waals surface area contributed by atoms with Crippen molar-refractivity contribution in [3.05, 3.63) is 35.7 Å². The summed E-state index contributed by atoms with van der Waals surface area (Å²) >= 11 is 0. The molecule has 2 aromatic heterocycles. The molecular weight excluding hydrogens is 416 g/mol. The zero-order valence-electron chi connectivity index (χ0n) is 16.6. The van der Waals surface area contributed by atoms with Crippen LogP contribution >= 0.6 is 0 Å². The second-order valence-electron chi connectivity index (χ2n) is 7.86. The number of fused-ring (bicyclic) bond motifs is 1. The first-order valence-electron chi connectivity index (χ1n) is 9.74. The Morgan fingerprint density at radius 3 is 2.53 bits per heavy atom. The van der Waals surface area contributed by atoms with Gasteiger partial charge in [0.05, 0.1) is 18.1 Å². The van der Waals surface area contributed by atoms with E-state index in [0.29, 0.717) is 48.3 Å². The second-order valence-corrected chi connectivity index (χ2v) is 9.46. The van der Waals surface area contributed by atoms with E-state index < -0.39 is 16.7 Å². The van der Waals surface area contributed by atoms with Crippen LogP contribution < -0.4 is 10.5 Å². The number of aryl methyl sites for hydroxylation is 1. The van der Waals surface area contributed by atoms with Crippen molar-refractivity contribution >= 4 is 15.9 Å². The SMILES string of the molecule is CCc1cc(C2[C@H]3CC(OS(C)(=O)=O)C[C@@H]23)cc(-c2cnc(N)c(OC(F)F)c2)n1. The molecule has 2 fully saturated rings. The molecule has 4 atom stereocenters. The molecule has 2 aliphatic rings. The highest BCUT2D eigenvalue weighted by Gasteiger charge is 2.57. The molecule has 10 heteroatoms. The zero-order chi connectivity index (χ0) is 21.6. The average Bonchev–Trinajstić information content (AvgIpc) is 3.17. The monoisotopic (exact) mass is 439 g/mol. The fraction of sp³-hybridized carbons (Fsp3) is 0.500. The lowest BCUT2D eigenvalue weighted by molar-refractivity contribution is -0.0494. The molecule has 0 saturated heterocycles. The number of alkyl halides is 2. The molecule has 7 nitrogen and oxygen atoms in total. The Kier molecular flexibility index (Phi) is 5.39. The van der Waals surface area contributed by atoms with Crippen molar-refractivity contribution in [2.75, 3.05) is 12.0 Å². The van der Waals surface area contributed by atoms with E-state index in [1.807, 2.05) is 13.0 Å². The molecule has 2 N–H and O–H groups in total. The number of aromatic nitrogens is 2. The van der Waals surface area contributed by atoms with Crippen LogP contribution in [-0.4, -0.2) is 37.4 Å². The molecule has 0 aromatic carbocycles. The van der Waals surface area contributed by atoms with Gasteiger partial charge in [0.25, 0.3) is 10.1 Å². The lowest BCUT2D eigenvalue weighted by Gasteiger charge is -2.15. The van der Waals surface area contributed by atoms with Crippen LogP contribution in [0.3, 0.4) is 0 Å². The van der Waals surface area contributed by atoms with Crippen molar-refractivity contribution < 1.29 is 26.1 Å². The molecule has 0 bridgehead atoms. The van der Waals surface area contributed by atoms with E-state index in [-0.39, 0.29) is 17.7 Å². The third-order valence-corrected chi connectivity index (χ3v) is 6.38. The average molecular weight is 439 g/mol. The van der Waals surface area contributed by atoms with Crippen molar-refractivity contribution in [3.63, 3.8) is 0 Å². The number of ether oxygens (including phenoxy) is 1. The van der Waals surface area contributed by atoms with Crippen molar-refractivity contribution in [1.29, 1.82) is 0 Å². The van der Waals surface area contributed by atoms with Gasteiger partial charge in [-0.15, -0.1) is 0 Å². The van der Waals surface area contributed by atoms with Crippen molar-refractivity contribution in [3.8, 4) is 17.0 Å². The van der Waals surface area contributed by atoms with Gasteiger partial charge in [-0.3, -0.25) is 9.17 Å². The van der Waals surface area contributed by atoms with Crippen LogP contribution in [0.15, 0.2) is 24.4 Å². The van der Waals surface area contributed by atoms with Gasteiger partial charge in [0.1, 0.15) is 0 Å². The molecule has 0 amide bonds. The van der Waals surface area contributed by atoms with Gasteiger partial charge in [-0.25, -0.2) is 4.98 Å². The summed E-state index contributed by atoms with van der Waals surface area (Å²) in [6.45, 7) is -1.01. The van der Waals surface area contributed by atoms with E-state index in [9.17, 15) is 17.2 Å². The largest absolute Gasteiger partial charge is 0.431 e. The minimum absolute atomic E-state index is 0.112. The van der Waals surface area contributed by atoms with Crippen molar-refractivity contribution in [2.24, 2.45) is 11.8 Å². The molecule has 2 saturated carbocycles. The highest BCUT2D eigenvalue weighted by Crippen LogP contribution is 2.64. The molecule has 2 aromatic rings. The first-order chi connectivity index (χ1) is 14.1. The van der Waals surface area contributed by atoms with Crippen LogP contribution in [0.4, 0.5) is 14.6 Å². The predicted octanol–water partition coefficient (Wildman–Crippen LogP) is 3.36. The number of nitrogens with zero attached hydrogens (tertiary/aromatic N) is 2. The third kappa shape index (κ3) is 4.39. The number of nitrogen functional groups attached to an aromatic ring is 1.